The molecular formula is C28H31Cl2N5O. The third-order valence-electron chi connectivity index (χ3n) is 6.86. The Hall–Kier alpha value is -2.51. The van der Waals surface area contributed by atoms with E-state index in [4.69, 9.17) is 33.2 Å². The summed E-state index contributed by atoms with van der Waals surface area (Å²) in [5.74, 6) is -0.200. The average Bonchev–Trinajstić information content (AvgIpc) is 2.91. The van der Waals surface area contributed by atoms with Crippen molar-refractivity contribution in [1.82, 2.24) is 25.3 Å². The lowest BCUT2D eigenvalue weighted by Gasteiger charge is -2.29. The van der Waals surface area contributed by atoms with E-state index in [9.17, 15) is 4.79 Å². The Morgan fingerprint density at radius 1 is 0.722 bits per heavy atom. The highest BCUT2D eigenvalue weighted by atomic mass is 35.5. The first-order valence-corrected chi connectivity index (χ1v) is 13.5. The Morgan fingerprint density at radius 2 is 1.22 bits per heavy atom. The molecule has 2 aromatic carbocycles. The van der Waals surface area contributed by atoms with Crippen LogP contribution >= 0.6 is 23.2 Å². The van der Waals surface area contributed by atoms with Crippen molar-refractivity contribution in [1.29, 1.82) is 0 Å². The number of halogens is 2. The maximum atomic E-state index is 13.6. The molecule has 0 unspecified atom stereocenters. The van der Waals surface area contributed by atoms with Crippen LogP contribution in [-0.4, -0.2) is 52.0 Å². The molecule has 1 amide bonds. The Balaban J connectivity index is 1.60. The van der Waals surface area contributed by atoms with Crippen LogP contribution < -0.4 is 5.43 Å². The molecule has 36 heavy (non-hydrogen) atoms. The van der Waals surface area contributed by atoms with Crippen molar-refractivity contribution in [2.75, 3.05) is 26.2 Å². The molecule has 3 heterocycles. The lowest BCUT2D eigenvalue weighted by molar-refractivity contribution is 0.0741. The van der Waals surface area contributed by atoms with Crippen molar-refractivity contribution >= 4 is 29.1 Å². The second-order valence-electron chi connectivity index (χ2n) is 9.56. The van der Waals surface area contributed by atoms with Gasteiger partial charge in [-0.2, -0.15) is 0 Å². The van der Waals surface area contributed by atoms with Crippen molar-refractivity contribution in [3.8, 4) is 22.5 Å². The van der Waals surface area contributed by atoms with Crippen molar-refractivity contribution in [2.24, 2.45) is 0 Å². The number of hydrazine groups is 1. The third-order valence-corrected chi connectivity index (χ3v) is 7.36. The Morgan fingerprint density at radius 3 is 1.78 bits per heavy atom. The van der Waals surface area contributed by atoms with Crippen molar-refractivity contribution in [3.05, 3.63) is 70.0 Å². The van der Waals surface area contributed by atoms with E-state index in [-0.39, 0.29) is 5.91 Å². The summed E-state index contributed by atoms with van der Waals surface area (Å²) in [6, 6.07) is 15.1. The molecule has 0 spiro atoms. The highest BCUT2D eigenvalue weighted by Crippen LogP contribution is 2.32. The SMILES string of the molecule is O=C(NN1CCCCC1)c1nc(-c2ccc(Cl)cc2)c(-c2ccc(Cl)cc2)nc1CN1CCCCC1. The summed E-state index contributed by atoms with van der Waals surface area (Å²) < 4.78 is 0. The van der Waals surface area contributed by atoms with Crippen LogP contribution in [0, 0.1) is 0 Å². The number of piperidine rings is 2. The first-order valence-electron chi connectivity index (χ1n) is 12.8. The molecule has 0 aliphatic carbocycles. The highest BCUT2D eigenvalue weighted by Gasteiger charge is 2.25. The molecule has 2 fully saturated rings. The van der Waals surface area contributed by atoms with Crippen LogP contribution in [0.15, 0.2) is 48.5 Å². The molecule has 2 aliphatic heterocycles. The number of nitrogens with one attached hydrogen (secondary N) is 1. The normalized spacial score (nSPS) is 17.2. The summed E-state index contributed by atoms with van der Waals surface area (Å²) in [4.78, 5) is 26.1. The quantitative estimate of drug-likeness (QED) is 0.414. The molecule has 1 aromatic heterocycles. The summed E-state index contributed by atoms with van der Waals surface area (Å²) in [5.41, 5.74) is 7.33. The van der Waals surface area contributed by atoms with Gasteiger partial charge in [0.2, 0.25) is 0 Å². The van der Waals surface area contributed by atoms with Gasteiger partial charge in [-0.3, -0.25) is 15.1 Å². The minimum Gasteiger partial charge on any atom is -0.297 e. The minimum atomic E-state index is -0.200. The second kappa shape index (κ2) is 11.7. The van der Waals surface area contributed by atoms with Gasteiger partial charge in [-0.05, 0) is 63.0 Å². The van der Waals surface area contributed by atoms with Gasteiger partial charge in [0.05, 0.1) is 17.1 Å². The van der Waals surface area contributed by atoms with Gasteiger partial charge in [0.25, 0.3) is 5.91 Å². The molecule has 6 nitrogen and oxygen atoms in total. The van der Waals surface area contributed by atoms with Crippen LogP contribution in [0.3, 0.4) is 0 Å². The highest BCUT2D eigenvalue weighted by molar-refractivity contribution is 6.31. The van der Waals surface area contributed by atoms with Gasteiger partial charge in [0.1, 0.15) is 0 Å². The minimum absolute atomic E-state index is 0.200. The molecule has 2 saturated heterocycles. The molecular weight excluding hydrogens is 493 g/mol. The molecule has 0 bridgehead atoms. The van der Waals surface area contributed by atoms with Gasteiger partial charge in [-0.25, -0.2) is 15.0 Å². The summed E-state index contributed by atoms with van der Waals surface area (Å²) in [6.07, 6.45) is 6.93. The van der Waals surface area contributed by atoms with Crippen LogP contribution in [0.2, 0.25) is 10.0 Å². The third kappa shape index (κ3) is 6.06. The van der Waals surface area contributed by atoms with Gasteiger partial charge >= 0.3 is 0 Å². The number of benzene rings is 2. The Bertz CT molecular complexity index is 1190. The first kappa shape index (κ1) is 25.2. The van der Waals surface area contributed by atoms with Crippen molar-refractivity contribution in [3.63, 3.8) is 0 Å². The zero-order valence-corrected chi connectivity index (χ0v) is 21.9. The van der Waals surface area contributed by atoms with Crippen LogP contribution in [0.1, 0.15) is 54.7 Å². The molecule has 2 aliphatic rings. The van der Waals surface area contributed by atoms with E-state index in [2.05, 4.69) is 10.3 Å². The van der Waals surface area contributed by atoms with Crippen LogP contribution in [0.4, 0.5) is 0 Å². The zero-order chi connectivity index (χ0) is 24.9. The number of aromatic nitrogens is 2. The summed E-state index contributed by atoms with van der Waals surface area (Å²) in [6.45, 7) is 4.31. The molecule has 3 aromatic rings. The summed E-state index contributed by atoms with van der Waals surface area (Å²) in [5, 5.41) is 3.31. The van der Waals surface area contributed by atoms with E-state index >= 15 is 0 Å². The van der Waals surface area contributed by atoms with Crippen LogP contribution in [-0.2, 0) is 6.54 Å². The molecule has 188 valence electrons. The van der Waals surface area contributed by atoms with Crippen molar-refractivity contribution < 1.29 is 4.79 Å². The van der Waals surface area contributed by atoms with Gasteiger partial charge in [-0.15, -0.1) is 0 Å². The molecule has 8 heteroatoms. The fraction of sp³-hybridized carbons (Fsp3) is 0.393. The first-order chi connectivity index (χ1) is 17.6. The topological polar surface area (TPSA) is 61.4 Å². The van der Waals surface area contributed by atoms with E-state index in [0.29, 0.717) is 33.7 Å². The number of hydrogen-bond donors (Lipinski definition) is 1. The smallest absolute Gasteiger partial charge is 0.286 e. The fourth-order valence-corrected chi connectivity index (χ4v) is 5.16. The predicted octanol–water partition coefficient (Wildman–Crippen LogP) is 6.23. The molecule has 0 saturated carbocycles. The van der Waals surface area contributed by atoms with Gasteiger partial charge < -0.3 is 0 Å². The molecule has 0 atom stereocenters. The van der Waals surface area contributed by atoms with Gasteiger partial charge in [0.15, 0.2) is 5.69 Å². The number of carbonyl (C=O) groups excluding carboxylic acids is 1. The second-order valence-corrected chi connectivity index (χ2v) is 10.4. The zero-order valence-electron chi connectivity index (χ0n) is 20.4. The lowest BCUT2D eigenvalue weighted by Crippen LogP contribution is -2.45. The van der Waals surface area contributed by atoms with E-state index in [0.717, 1.165) is 68.7 Å². The number of rotatable bonds is 6. The molecule has 0 radical (unpaired) electrons. The number of hydrogen-bond acceptors (Lipinski definition) is 5. The van der Waals surface area contributed by atoms with E-state index in [1.165, 1.54) is 12.8 Å². The van der Waals surface area contributed by atoms with Gasteiger partial charge in [0, 0.05) is 40.8 Å². The number of nitrogens with zero attached hydrogens (tertiary/aromatic N) is 4. The van der Waals surface area contributed by atoms with E-state index < -0.39 is 0 Å². The number of likely N-dealkylation sites (tertiary alicyclic amines) is 1. The van der Waals surface area contributed by atoms with Crippen LogP contribution in [0.5, 0.6) is 0 Å². The molecule has 1 N–H and O–H groups in total. The number of carbonyl (C=O) groups is 1. The Kier molecular flexibility index (Phi) is 8.17. The van der Waals surface area contributed by atoms with E-state index in [1.807, 2.05) is 53.5 Å². The monoisotopic (exact) mass is 523 g/mol. The largest absolute Gasteiger partial charge is 0.297 e. The van der Waals surface area contributed by atoms with Crippen LogP contribution in [0.25, 0.3) is 22.5 Å². The lowest BCUT2D eigenvalue weighted by atomic mass is 10.0. The Labute approximate surface area is 222 Å². The average molecular weight is 524 g/mol. The summed E-state index contributed by atoms with van der Waals surface area (Å²) in [7, 11) is 0. The maximum Gasteiger partial charge on any atom is 0.286 e. The van der Waals surface area contributed by atoms with Gasteiger partial charge in [-0.1, -0.05) is 60.3 Å². The van der Waals surface area contributed by atoms with Crippen molar-refractivity contribution in [2.45, 2.75) is 45.1 Å². The maximum absolute atomic E-state index is 13.6. The number of amides is 1. The predicted molar refractivity (Wildman–Crippen MR) is 145 cm³/mol. The van der Waals surface area contributed by atoms with E-state index in [1.54, 1.807) is 0 Å². The molecule has 5 rings (SSSR count). The fourth-order valence-electron chi connectivity index (χ4n) is 4.91. The standard InChI is InChI=1S/C28H31Cl2N5O/c29-22-11-7-20(8-12-22)25-26(21-9-13-23(30)14-10-21)32-27(28(36)33-35-17-5-2-6-18-35)24(31-25)19-34-15-3-1-4-16-34/h7-14H,1-6,15-19H2,(H,33,36). The summed E-state index contributed by atoms with van der Waals surface area (Å²) >= 11 is 12.3.